The molecule has 0 aromatic heterocycles. The second-order valence-electron chi connectivity index (χ2n) is 10.7. The molecular weight excluding hydrogens is 464 g/mol. The molecule has 2 saturated carbocycles. The lowest BCUT2D eigenvalue weighted by molar-refractivity contribution is -0.185. The van der Waals surface area contributed by atoms with Crippen LogP contribution in [0, 0.1) is 22.7 Å². The monoisotopic (exact) mass is 502 g/mol. The number of benzene rings is 1. The van der Waals surface area contributed by atoms with Gasteiger partial charge in [-0.1, -0.05) is 26.0 Å². The summed E-state index contributed by atoms with van der Waals surface area (Å²) in [5.41, 5.74) is -0.163. The van der Waals surface area contributed by atoms with E-state index in [1.54, 1.807) is 6.08 Å². The number of nitrogens with one attached hydrogen (secondary N) is 2. The molecule has 1 aromatic carbocycles. The summed E-state index contributed by atoms with van der Waals surface area (Å²) in [6.07, 6.45) is 2.63. The standard InChI is InChI=1S/C27H38N2O7/c1-4-11-28-25(33)36-23-9-10-26(2)18(19(31)6-8-22(26)27(23,3)15-30)13-24(32)29-14-17-5-7-20-21(12-17)35-16-34-20/h4-5,7,12,18-19,22-23,30-31H,1,6,8-11,13-16H2,2-3H3,(H,28,33)(H,29,32)/t18-,19-,22?,23-,26+,27+/m1/s1. The Bertz CT molecular complexity index is 985. The summed E-state index contributed by atoms with van der Waals surface area (Å²) >= 11 is 0. The van der Waals surface area contributed by atoms with Crippen molar-refractivity contribution in [1.82, 2.24) is 10.6 Å². The molecule has 1 aromatic rings. The van der Waals surface area contributed by atoms with Gasteiger partial charge in [0.05, 0.1) is 12.7 Å². The lowest BCUT2D eigenvalue weighted by atomic mass is 9.46. The number of amides is 2. The van der Waals surface area contributed by atoms with Gasteiger partial charge in [-0.05, 0) is 60.6 Å². The summed E-state index contributed by atoms with van der Waals surface area (Å²) in [6, 6.07) is 5.57. The maximum absolute atomic E-state index is 13.0. The second kappa shape index (κ2) is 10.7. The van der Waals surface area contributed by atoms with Crippen LogP contribution in [-0.2, 0) is 16.1 Å². The number of carbonyl (C=O) groups excluding carboxylic acids is 2. The second-order valence-corrected chi connectivity index (χ2v) is 10.7. The van der Waals surface area contributed by atoms with E-state index < -0.39 is 23.7 Å². The van der Waals surface area contributed by atoms with Gasteiger partial charge in [-0.3, -0.25) is 4.79 Å². The maximum Gasteiger partial charge on any atom is 0.407 e. The quantitative estimate of drug-likeness (QED) is 0.403. The minimum Gasteiger partial charge on any atom is -0.454 e. The van der Waals surface area contributed by atoms with E-state index in [1.807, 2.05) is 25.1 Å². The van der Waals surface area contributed by atoms with Crippen LogP contribution in [0.2, 0.25) is 0 Å². The van der Waals surface area contributed by atoms with Crippen molar-refractivity contribution in [3.8, 4) is 11.5 Å². The summed E-state index contributed by atoms with van der Waals surface area (Å²) < 4.78 is 16.5. The summed E-state index contributed by atoms with van der Waals surface area (Å²) in [4.78, 5) is 25.3. The molecule has 1 aliphatic heterocycles. The molecule has 6 atom stereocenters. The van der Waals surface area contributed by atoms with E-state index in [0.29, 0.717) is 50.3 Å². The van der Waals surface area contributed by atoms with Crippen LogP contribution in [0.15, 0.2) is 30.9 Å². The number of rotatable bonds is 8. The Balaban J connectivity index is 1.43. The largest absolute Gasteiger partial charge is 0.454 e. The van der Waals surface area contributed by atoms with Crippen LogP contribution in [0.25, 0.3) is 0 Å². The molecule has 2 aliphatic carbocycles. The Morgan fingerprint density at radius 2 is 1.97 bits per heavy atom. The molecule has 0 spiro atoms. The van der Waals surface area contributed by atoms with Crippen LogP contribution in [0.4, 0.5) is 4.79 Å². The molecule has 4 rings (SSSR count). The highest BCUT2D eigenvalue weighted by Gasteiger charge is 2.60. The lowest BCUT2D eigenvalue weighted by Crippen LogP contribution is -2.61. The van der Waals surface area contributed by atoms with Crippen LogP contribution in [0.5, 0.6) is 11.5 Å². The minimum absolute atomic E-state index is 0.0176. The molecule has 0 bridgehead atoms. The summed E-state index contributed by atoms with van der Waals surface area (Å²) in [7, 11) is 0. The van der Waals surface area contributed by atoms with Crippen molar-refractivity contribution in [2.24, 2.45) is 22.7 Å². The number of carbonyl (C=O) groups is 2. The molecule has 198 valence electrons. The third-order valence-electron chi connectivity index (χ3n) is 8.65. The van der Waals surface area contributed by atoms with Gasteiger partial charge in [0.2, 0.25) is 12.7 Å². The van der Waals surface area contributed by atoms with E-state index in [2.05, 4.69) is 24.1 Å². The van der Waals surface area contributed by atoms with Crippen molar-refractivity contribution in [2.75, 3.05) is 19.9 Å². The molecule has 1 unspecified atom stereocenters. The van der Waals surface area contributed by atoms with Gasteiger partial charge < -0.3 is 35.1 Å². The number of hydrogen-bond acceptors (Lipinski definition) is 7. The van der Waals surface area contributed by atoms with E-state index >= 15 is 0 Å². The van der Waals surface area contributed by atoms with Crippen molar-refractivity contribution in [3.63, 3.8) is 0 Å². The molecule has 9 heteroatoms. The van der Waals surface area contributed by atoms with Crippen molar-refractivity contribution < 1.29 is 34.0 Å². The SMILES string of the molecule is C=CCNC(=O)O[C@@H]1CC[C@]2(C)C(CC[C@@H](O)[C@H]2CC(=O)NCc2ccc3c(c2)OCO3)[C@]1(C)CO. The van der Waals surface area contributed by atoms with E-state index in [4.69, 9.17) is 14.2 Å². The fourth-order valence-electron chi connectivity index (χ4n) is 6.63. The summed E-state index contributed by atoms with van der Waals surface area (Å²) in [5.74, 6) is 0.941. The van der Waals surface area contributed by atoms with Gasteiger partial charge in [0.15, 0.2) is 11.5 Å². The molecule has 1 heterocycles. The number of hydrogen-bond donors (Lipinski definition) is 4. The molecule has 0 saturated heterocycles. The molecule has 0 radical (unpaired) electrons. The maximum atomic E-state index is 13.0. The smallest absolute Gasteiger partial charge is 0.407 e. The number of fused-ring (bicyclic) bond motifs is 2. The van der Waals surface area contributed by atoms with E-state index in [-0.39, 0.29) is 43.0 Å². The first-order valence-electron chi connectivity index (χ1n) is 12.7. The number of alkyl carbamates (subject to hydrolysis) is 1. The summed E-state index contributed by atoms with van der Waals surface area (Å²) in [5, 5.41) is 27.1. The normalized spacial score (nSPS) is 32.8. The van der Waals surface area contributed by atoms with Gasteiger partial charge in [-0.2, -0.15) is 0 Å². The predicted octanol–water partition coefficient (Wildman–Crippen LogP) is 2.89. The Morgan fingerprint density at radius 3 is 2.72 bits per heavy atom. The van der Waals surface area contributed by atoms with Gasteiger partial charge in [0.25, 0.3) is 0 Å². The molecule has 3 aliphatic rings. The molecule has 4 N–H and O–H groups in total. The molecule has 36 heavy (non-hydrogen) atoms. The zero-order valence-corrected chi connectivity index (χ0v) is 21.1. The van der Waals surface area contributed by atoms with Crippen molar-refractivity contribution in [3.05, 3.63) is 36.4 Å². The number of aliphatic hydroxyl groups excluding tert-OH is 2. The first kappa shape index (κ1) is 26.3. The van der Waals surface area contributed by atoms with Crippen molar-refractivity contribution in [2.45, 2.75) is 64.7 Å². The van der Waals surface area contributed by atoms with Crippen LogP contribution < -0.4 is 20.1 Å². The van der Waals surface area contributed by atoms with Gasteiger partial charge in [-0.15, -0.1) is 6.58 Å². The Hall–Kier alpha value is -2.78. The fourth-order valence-corrected chi connectivity index (χ4v) is 6.63. The molecule has 2 amide bonds. The zero-order valence-electron chi connectivity index (χ0n) is 21.1. The van der Waals surface area contributed by atoms with E-state index in [9.17, 15) is 19.8 Å². The first-order valence-corrected chi connectivity index (χ1v) is 12.7. The average Bonchev–Trinajstić information content (AvgIpc) is 3.33. The van der Waals surface area contributed by atoms with E-state index in [1.165, 1.54) is 0 Å². The molecule has 2 fully saturated rings. The first-order chi connectivity index (χ1) is 17.2. The highest BCUT2D eigenvalue weighted by atomic mass is 16.7. The Kier molecular flexibility index (Phi) is 7.80. The van der Waals surface area contributed by atoms with Gasteiger partial charge in [-0.25, -0.2) is 4.79 Å². The summed E-state index contributed by atoms with van der Waals surface area (Å²) in [6.45, 7) is 8.36. The zero-order chi connectivity index (χ0) is 25.9. The van der Waals surface area contributed by atoms with Crippen LogP contribution in [-0.4, -0.2) is 54.4 Å². The number of ether oxygens (including phenoxy) is 3. The van der Waals surface area contributed by atoms with E-state index in [0.717, 1.165) is 5.56 Å². The minimum atomic E-state index is -0.681. The van der Waals surface area contributed by atoms with Gasteiger partial charge in [0, 0.05) is 24.9 Å². The Morgan fingerprint density at radius 1 is 1.19 bits per heavy atom. The fraction of sp³-hybridized carbons (Fsp3) is 0.630. The molecule has 9 nitrogen and oxygen atoms in total. The average molecular weight is 503 g/mol. The van der Waals surface area contributed by atoms with Crippen molar-refractivity contribution >= 4 is 12.0 Å². The lowest BCUT2D eigenvalue weighted by Gasteiger charge is -2.60. The predicted molar refractivity (Wildman–Crippen MR) is 132 cm³/mol. The van der Waals surface area contributed by atoms with Crippen LogP contribution in [0.1, 0.15) is 51.5 Å². The van der Waals surface area contributed by atoms with Crippen molar-refractivity contribution in [1.29, 1.82) is 0 Å². The van der Waals surface area contributed by atoms with Crippen LogP contribution in [0.3, 0.4) is 0 Å². The van der Waals surface area contributed by atoms with Gasteiger partial charge >= 0.3 is 6.09 Å². The Labute approximate surface area is 212 Å². The highest BCUT2D eigenvalue weighted by Crippen LogP contribution is 2.61. The molecular formula is C27H38N2O7. The number of aliphatic hydroxyl groups is 2. The van der Waals surface area contributed by atoms with Crippen LogP contribution >= 0.6 is 0 Å². The highest BCUT2D eigenvalue weighted by molar-refractivity contribution is 5.76. The van der Waals surface area contributed by atoms with Gasteiger partial charge in [0.1, 0.15) is 6.10 Å². The third-order valence-corrected chi connectivity index (χ3v) is 8.65. The topological polar surface area (TPSA) is 126 Å². The third kappa shape index (κ3) is 5.04.